The molecule has 0 aliphatic rings. The zero-order valence-corrected chi connectivity index (χ0v) is 10.5. The standard InChI is InChI=1S/C13H17N3O2/c1-10(2)15-6-7-16(13(15)17)12-5-3-4-11(8-12)9-18-14/h3-8,10H,9,14H2,1-2H3. The van der Waals surface area contributed by atoms with Crippen LogP contribution in [0.3, 0.4) is 0 Å². The van der Waals surface area contributed by atoms with Crippen molar-refractivity contribution in [2.45, 2.75) is 26.5 Å². The lowest BCUT2D eigenvalue weighted by atomic mass is 10.2. The largest absolute Gasteiger partial charge is 0.332 e. The smallest absolute Gasteiger partial charge is 0.300 e. The summed E-state index contributed by atoms with van der Waals surface area (Å²) in [5.74, 6) is 5.05. The fraction of sp³-hybridized carbons (Fsp3) is 0.308. The molecule has 0 aliphatic heterocycles. The van der Waals surface area contributed by atoms with Crippen molar-refractivity contribution < 1.29 is 4.84 Å². The third kappa shape index (κ3) is 2.37. The average Bonchev–Trinajstić information content (AvgIpc) is 2.72. The highest BCUT2D eigenvalue weighted by atomic mass is 16.6. The lowest BCUT2D eigenvalue weighted by molar-refractivity contribution is 0.124. The molecule has 0 spiro atoms. The van der Waals surface area contributed by atoms with Crippen LogP contribution in [0.4, 0.5) is 0 Å². The minimum atomic E-state index is -0.0455. The van der Waals surface area contributed by atoms with Gasteiger partial charge in [-0.1, -0.05) is 12.1 Å². The monoisotopic (exact) mass is 247 g/mol. The van der Waals surface area contributed by atoms with Gasteiger partial charge in [0.05, 0.1) is 12.3 Å². The Morgan fingerprint density at radius 3 is 2.72 bits per heavy atom. The number of nitrogens with zero attached hydrogens (tertiary/aromatic N) is 2. The molecule has 96 valence electrons. The van der Waals surface area contributed by atoms with E-state index < -0.39 is 0 Å². The van der Waals surface area contributed by atoms with Gasteiger partial charge in [0.1, 0.15) is 0 Å². The summed E-state index contributed by atoms with van der Waals surface area (Å²) in [5, 5.41) is 0. The Hall–Kier alpha value is -1.85. The third-order valence-corrected chi connectivity index (χ3v) is 2.80. The number of rotatable bonds is 4. The number of aromatic nitrogens is 2. The van der Waals surface area contributed by atoms with Crippen LogP contribution in [0.1, 0.15) is 25.5 Å². The highest BCUT2D eigenvalue weighted by Gasteiger charge is 2.07. The maximum atomic E-state index is 12.1. The maximum Gasteiger partial charge on any atom is 0.332 e. The zero-order chi connectivity index (χ0) is 13.1. The van der Waals surface area contributed by atoms with Crippen LogP contribution in [0.2, 0.25) is 0 Å². The van der Waals surface area contributed by atoms with E-state index in [1.165, 1.54) is 0 Å². The lowest BCUT2D eigenvalue weighted by Crippen LogP contribution is -2.24. The molecule has 0 unspecified atom stereocenters. The molecule has 0 saturated heterocycles. The second-order valence-electron chi connectivity index (χ2n) is 4.43. The molecule has 0 fully saturated rings. The molecule has 2 aromatic rings. The minimum Gasteiger partial charge on any atom is -0.300 e. The Balaban J connectivity index is 2.43. The van der Waals surface area contributed by atoms with Gasteiger partial charge in [0.25, 0.3) is 0 Å². The van der Waals surface area contributed by atoms with Crippen LogP contribution in [0.5, 0.6) is 0 Å². The second-order valence-corrected chi connectivity index (χ2v) is 4.43. The molecule has 5 heteroatoms. The Morgan fingerprint density at radius 2 is 2.11 bits per heavy atom. The van der Waals surface area contributed by atoms with Gasteiger partial charge in [-0.3, -0.25) is 14.0 Å². The van der Waals surface area contributed by atoms with Gasteiger partial charge in [-0.05, 0) is 31.5 Å². The molecule has 5 nitrogen and oxygen atoms in total. The maximum absolute atomic E-state index is 12.1. The molecule has 0 radical (unpaired) electrons. The van der Waals surface area contributed by atoms with E-state index in [-0.39, 0.29) is 11.7 Å². The molecule has 1 aromatic heterocycles. The first-order chi connectivity index (χ1) is 8.63. The Labute approximate surface area is 105 Å². The first kappa shape index (κ1) is 12.6. The summed E-state index contributed by atoms with van der Waals surface area (Å²) in [6, 6.07) is 7.70. The Morgan fingerprint density at radius 1 is 1.33 bits per heavy atom. The van der Waals surface area contributed by atoms with Gasteiger partial charge < -0.3 is 0 Å². The van der Waals surface area contributed by atoms with Crippen LogP contribution < -0.4 is 11.6 Å². The van der Waals surface area contributed by atoms with Crippen molar-refractivity contribution in [3.05, 3.63) is 52.7 Å². The van der Waals surface area contributed by atoms with Crippen LogP contribution in [-0.2, 0) is 11.4 Å². The fourth-order valence-corrected chi connectivity index (χ4v) is 1.87. The highest BCUT2D eigenvalue weighted by Crippen LogP contribution is 2.10. The molecule has 2 rings (SSSR count). The predicted molar refractivity (Wildman–Crippen MR) is 69.4 cm³/mol. The van der Waals surface area contributed by atoms with Gasteiger partial charge >= 0.3 is 5.69 Å². The first-order valence-corrected chi connectivity index (χ1v) is 5.84. The molecule has 0 atom stereocenters. The average molecular weight is 247 g/mol. The van der Waals surface area contributed by atoms with Crippen molar-refractivity contribution in [3.63, 3.8) is 0 Å². The van der Waals surface area contributed by atoms with Crippen molar-refractivity contribution in [1.29, 1.82) is 0 Å². The van der Waals surface area contributed by atoms with Crippen molar-refractivity contribution in [2.75, 3.05) is 0 Å². The van der Waals surface area contributed by atoms with Gasteiger partial charge in [-0.15, -0.1) is 0 Å². The minimum absolute atomic E-state index is 0.0455. The Kier molecular flexibility index (Phi) is 3.64. The SMILES string of the molecule is CC(C)n1ccn(-c2cccc(CON)c2)c1=O. The van der Waals surface area contributed by atoms with Crippen molar-refractivity contribution in [3.8, 4) is 5.69 Å². The summed E-state index contributed by atoms with van der Waals surface area (Å²) < 4.78 is 3.30. The molecule has 1 heterocycles. The van der Waals surface area contributed by atoms with Gasteiger partial charge in [-0.2, -0.15) is 0 Å². The molecule has 1 aromatic carbocycles. The Bertz CT molecular complexity index is 584. The van der Waals surface area contributed by atoms with Crippen molar-refractivity contribution in [2.24, 2.45) is 5.90 Å². The van der Waals surface area contributed by atoms with E-state index >= 15 is 0 Å². The molecular weight excluding hydrogens is 230 g/mol. The highest BCUT2D eigenvalue weighted by molar-refractivity contribution is 5.35. The summed E-state index contributed by atoms with van der Waals surface area (Å²) in [4.78, 5) is 16.7. The number of benzene rings is 1. The van der Waals surface area contributed by atoms with Crippen LogP contribution in [-0.4, -0.2) is 9.13 Å². The van der Waals surface area contributed by atoms with Crippen LogP contribution in [0, 0.1) is 0 Å². The van der Waals surface area contributed by atoms with Crippen LogP contribution in [0.25, 0.3) is 5.69 Å². The summed E-state index contributed by atoms with van der Waals surface area (Å²) in [6.07, 6.45) is 3.56. The molecule has 0 saturated carbocycles. The van der Waals surface area contributed by atoms with E-state index in [1.54, 1.807) is 21.5 Å². The third-order valence-electron chi connectivity index (χ3n) is 2.80. The topological polar surface area (TPSA) is 62.2 Å². The van der Waals surface area contributed by atoms with Crippen LogP contribution >= 0.6 is 0 Å². The van der Waals surface area contributed by atoms with E-state index in [4.69, 9.17) is 5.90 Å². The van der Waals surface area contributed by atoms with E-state index in [1.807, 2.05) is 38.1 Å². The number of hydrogen-bond donors (Lipinski definition) is 1. The predicted octanol–water partition coefficient (Wildman–Crippen LogP) is 1.61. The van der Waals surface area contributed by atoms with Gasteiger partial charge in [0.2, 0.25) is 0 Å². The fourth-order valence-electron chi connectivity index (χ4n) is 1.87. The zero-order valence-electron chi connectivity index (χ0n) is 10.5. The number of nitrogens with two attached hydrogens (primary N) is 1. The first-order valence-electron chi connectivity index (χ1n) is 5.84. The van der Waals surface area contributed by atoms with E-state index in [0.717, 1.165) is 11.3 Å². The van der Waals surface area contributed by atoms with E-state index in [0.29, 0.717) is 6.61 Å². The van der Waals surface area contributed by atoms with Gasteiger partial charge in [0.15, 0.2) is 0 Å². The number of hydrogen-bond acceptors (Lipinski definition) is 3. The molecule has 0 aliphatic carbocycles. The molecular formula is C13H17N3O2. The quantitative estimate of drug-likeness (QED) is 0.835. The summed E-state index contributed by atoms with van der Waals surface area (Å²) in [6.45, 7) is 4.28. The van der Waals surface area contributed by atoms with E-state index in [2.05, 4.69) is 4.84 Å². The lowest BCUT2D eigenvalue weighted by Gasteiger charge is -2.06. The molecule has 0 bridgehead atoms. The van der Waals surface area contributed by atoms with Gasteiger partial charge in [-0.25, -0.2) is 10.7 Å². The number of imidazole rings is 1. The summed E-state index contributed by atoms with van der Waals surface area (Å²) >= 11 is 0. The van der Waals surface area contributed by atoms with Gasteiger partial charge in [0, 0.05) is 18.4 Å². The van der Waals surface area contributed by atoms with Crippen molar-refractivity contribution >= 4 is 0 Å². The second kappa shape index (κ2) is 5.20. The summed E-state index contributed by atoms with van der Waals surface area (Å²) in [7, 11) is 0. The molecule has 0 amide bonds. The summed E-state index contributed by atoms with van der Waals surface area (Å²) in [5.41, 5.74) is 1.70. The van der Waals surface area contributed by atoms with Crippen LogP contribution in [0.15, 0.2) is 41.5 Å². The normalized spacial score (nSPS) is 11.1. The molecule has 2 N–H and O–H groups in total. The van der Waals surface area contributed by atoms with Crippen molar-refractivity contribution in [1.82, 2.24) is 9.13 Å². The van der Waals surface area contributed by atoms with E-state index in [9.17, 15) is 4.79 Å². The molecule has 18 heavy (non-hydrogen) atoms.